The van der Waals surface area contributed by atoms with Crippen LogP contribution in [-0.2, 0) is 11.0 Å². The summed E-state index contributed by atoms with van der Waals surface area (Å²) in [5.74, 6) is -1.81. The molecule has 2 aromatic carbocycles. The molecule has 3 rings (SSSR count). The van der Waals surface area contributed by atoms with Crippen LogP contribution < -0.4 is 16.0 Å². The normalized spacial score (nSPS) is 11.0. The van der Waals surface area contributed by atoms with Gasteiger partial charge in [0.25, 0.3) is 11.8 Å². The molecule has 1 heterocycles. The van der Waals surface area contributed by atoms with E-state index in [1.165, 1.54) is 37.5 Å². The van der Waals surface area contributed by atoms with E-state index in [2.05, 4.69) is 16.0 Å². The van der Waals surface area contributed by atoms with Gasteiger partial charge in [-0.25, -0.2) is 0 Å². The average Bonchev–Trinajstić information content (AvgIpc) is 3.24. The highest BCUT2D eigenvalue weighted by Crippen LogP contribution is 2.37. The first-order chi connectivity index (χ1) is 15.0. The second-order valence-corrected chi connectivity index (χ2v) is 6.85. The number of rotatable bonds is 5. The molecule has 3 amide bonds. The average molecular weight is 445 g/mol. The second-order valence-electron chi connectivity index (χ2n) is 6.85. The van der Waals surface area contributed by atoms with Gasteiger partial charge in [0.15, 0.2) is 5.76 Å². The fourth-order valence-electron chi connectivity index (χ4n) is 2.85. The molecule has 0 spiro atoms. The Morgan fingerprint density at radius 1 is 0.875 bits per heavy atom. The molecule has 0 bridgehead atoms. The molecule has 0 aliphatic heterocycles. The van der Waals surface area contributed by atoms with Gasteiger partial charge in [-0.2, -0.15) is 13.2 Å². The maximum Gasteiger partial charge on any atom is 0.418 e. The topological polar surface area (TPSA) is 100 Å². The SMILES string of the molecule is CC(=O)Nc1ccc(NC(=O)c2ccc(C)c(NC(=O)c3ccco3)c2)c(C(F)(F)F)c1. The Hall–Kier alpha value is -4.08. The van der Waals surface area contributed by atoms with Gasteiger partial charge in [0.2, 0.25) is 5.91 Å². The number of halogens is 3. The van der Waals surface area contributed by atoms with Gasteiger partial charge in [-0.1, -0.05) is 6.07 Å². The number of hydrogen-bond acceptors (Lipinski definition) is 4. The predicted octanol–water partition coefficient (Wildman–Crippen LogP) is 5.07. The Balaban J connectivity index is 1.85. The van der Waals surface area contributed by atoms with Gasteiger partial charge < -0.3 is 20.4 Å². The van der Waals surface area contributed by atoms with Gasteiger partial charge in [-0.15, -0.1) is 0 Å². The van der Waals surface area contributed by atoms with Gasteiger partial charge in [-0.05, 0) is 55.0 Å². The standard InChI is InChI=1S/C22H18F3N3O4/c1-12-5-6-14(10-18(12)28-21(31)19-4-3-9-32-19)20(30)27-17-8-7-15(26-13(2)29)11-16(17)22(23,24)25/h3-11H,1-2H3,(H,26,29)(H,27,30)(H,28,31). The molecule has 3 aromatic rings. The lowest BCUT2D eigenvalue weighted by Gasteiger charge is -2.16. The number of alkyl halides is 3. The molecule has 1 aromatic heterocycles. The summed E-state index contributed by atoms with van der Waals surface area (Å²) in [4.78, 5) is 36.0. The zero-order valence-corrected chi connectivity index (χ0v) is 17.0. The molecule has 0 saturated heterocycles. The third-order valence-corrected chi connectivity index (χ3v) is 4.39. The Morgan fingerprint density at radius 2 is 1.59 bits per heavy atom. The van der Waals surface area contributed by atoms with E-state index >= 15 is 0 Å². The molecule has 7 nitrogen and oxygen atoms in total. The van der Waals surface area contributed by atoms with Crippen LogP contribution in [0.2, 0.25) is 0 Å². The van der Waals surface area contributed by atoms with Gasteiger partial charge in [-0.3, -0.25) is 14.4 Å². The Bertz CT molecular complexity index is 1170. The first-order valence-corrected chi connectivity index (χ1v) is 9.30. The lowest BCUT2D eigenvalue weighted by Crippen LogP contribution is -2.18. The third-order valence-electron chi connectivity index (χ3n) is 4.39. The molecule has 3 N–H and O–H groups in total. The zero-order valence-electron chi connectivity index (χ0n) is 17.0. The van der Waals surface area contributed by atoms with E-state index in [4.69, 9.17) is 4.42 Å². The highest BCUT2D eigenvalue weighted by molar-refractivity contribution is 6.07. The number of benzene rings is 2. The van der Waals surface area contributed by atoms with Crippen molar-refractivity contribution >= 4 is 34.8 Å². The number of anilines is 3. The summed E-state index contributed by atoms with van der Waals surface area (Å²) >= 11 is 0. The van der Waals surface area contributed by atoms with Gasteiger partial charge in [0.05, 0.1) is 17.5 Å². The molecular weight excluding hydrogens is 427 g/mol. The lowest BCUT2D eigenvalue weighted by molar-refractivity contribution is -0.137. The van der Waals surface area contributed by atoms with Crippen LogP contribution in [0.1, 0.15) is 39.0 Å². The molecule has 0 saturated carbocycles. The molecule has 0 fully saturated rings. The van der Waals surface area contributed by atoms with Crippen LogP contribution in [0.25, 0.3) is 0 Å². The maximum atomic E-state index is 13.5. The van der Waals surface area contributed by atoms with E-state index in [0.29, 0.717) is 11.3 Å². The fraction of sp³-hybridized carbons (Fsp3) is 0.136. The molecule has 0 radical (unpaired) electrons. The Kier molecular flexibility index (Phi) is 6.33. The van der Waals surface area contributed by atoms with Crippen molar-refractivity contribution in [1.29, 1.82) is 0 Å². The van der Waals surface area contributed by atoms with E-state index < -0.39 is 35.1 Å². The number of furan rings is 1. The first kappa shape index (κ1) is 22.6. The molecule has 0 aliphatic carbocycles. The molecule has 32 heavy (non-hydrogen) atoms. The molecule has 166 valence electrons. The van der Waals surface area contributed by atoms with E-state index in [1.807, 2.05) is 0 Å². The first-order valence-electron chi connectivity index (χ1n) is 9.30. The van der Waals surface area contributed by atoms with Crippen molar-refractivity contribution in [2.75, 3.05) is 16.0 Å². The summed E-state index contributed by atoms with van der Waals surface area (Å²) in [5.41, 5.74) is -0.674. The summed E-state index contributed by atoms with van der Waals surface area (Å²) in [7, 11) is 0. The van der Waals surface area contributed by atoms with E-state index in [1.54, 1.807) is 19.1 Å². The predicted molar refractivity (Wildman–Crippen MR) is 112 cm³/mol. The zero-order chi connectivity index (χ0) is 23.5. The van der Waals surface area contributed by atoms with Gasteiger partial charge >= 0.3 is 6.18 Å². The molecular formula is C22H18F3N3O4. The van der Waals surface area contributed by atoms with Crippen LogP contribution >= 0.6 is 0 Å². The van der Waals surface area contributed by atoms with Crippen LogP contribution in [0, 0.1) is 6.92 Å². The van der Waals surface area contributed by atoms with Crippen molar-refractivity contribution < 1.29 is 32.0 Å². The number of hydrogen-bond donors (Lipinski definition) is 3. The largest absolute Gasteiger partial charge is 0.459 e. The maximum absolute atomic E-state index is 13.5. The number of carbonyl (C=O) groups is 3. The number of carbonyl (C=O) groups excluding carboxylic acids is 3. The number of nitrogens with one attached hydrogen (secondary N) is 3. The lowest BCUT2D eigenvalue weighted by atomic mass is 10.1. The van der Waals surface area contributed by atoms with Crippen molar-refractivity contribution in [3.63, 3.8) is 0 Å². The van der Waals surface area contributed by atoms with Crippen LogP contribution in [0.4, 0.5) is 30.2 Å². The van der Waals surface area contributed by atoms with Crippen molar-refractivity contribution in [1.82, 2.24) is 0 Å². The number of amides is 3. The Morgan fingerprint density at radius 3 is 2.22 bits per heavy atom. The van der Waals surface area contributed by atoms with Crippen molar-refractivity contribution in [2.24, 2.45) is 0 Å². The Labute approximate surface area is 180 Å². The van der Waals surface area contributed by atoms with Crippen LogP contribution in [0.15, 0.2) is 59.2 Å². The second kappa shape index (κ2) is 8.96. The van der Waals surface area contributed by atoms with Crippen molar-refractivity contribution in [3.8, 4) is 0 Å². The highest BCUT2D eigenvalue weighted by Gasteiger charge is 2.34. The summed E-state index contributed by atoms with van der Waals surface area (Å²) in [6, 6.07) is 10.4. The summed E-state index contributed by atoms with van der Waals surface area (Å²) in [6.45, 7) is 2.87. The minimum absolute atomic E-state index is 0.0319. The smallest absolute Gasteiger partial charge is 0.418 e. The molecule has 0 atom stereocenters. The third kappa shape index (κ3) is 5.34. The van der Waals surface area contributed by atoms with Gasteiger partial charge in [0.1, 0.15) is 0 Å². The minimum Gasteiger partial charge on any atom is -0.459 e. The fourth-order valence-corrected chi connectivity index (χ4v) is 2.85. The molecule has 0 unspecified atom stereocenters. The van der Waals surface area contributed by atoms with Crippen molar-refractivity contribution in [3.05, 3.63) is 77.2 Å². The summed E-state index contributed by atoms with van der Waals surface area (Å²) in [6.07, 6.45) is -3.44. The van der Waals surface area contributed by atoms with Crippen LogP contribution in [-0.4, -0.2) is 17.7 Å². The van der Waals surface area contributed by atoms with E-state index in [9.17, 15) is 27.6 Å². The summed E-state index contributed by atoms with van der Waals surface area (Å²) < 4.78 is 45.5. The number of aryl methyl sites for hydroxylation is 1. The molecule has 0 aliphatic rings. The summed E-state index contributed by atoms with van der Waals surface area (Å²) in [5, 5.41) is 7.11. The van der Waals surface area contributed by atoms with Gasteiger partial charge in [0, 0.05) is 23.9 Å². The minimum atomic E-state index is -4.77. The quantitative estimate of drug-likeness (QED) is 0.511. The van der Waals surface area contributed by atoms with Crippen molar-refractivity contribution in [2.45, 2.75) is 20.0 Å². The highest BCUT2D eigenvalue weighted by atomic mass is 19.4. The van der Waals surface area contributed by atoms with E-state index in [0.717, 1.165) is 12.1 Å². The van der Waals surface area contributed by atoms with E-state index in [-0.39, 0.29) is 17.0 Å². The molecule has 10 heteroatoms. The van der Waals surface area contributed by atoms with Crippen LogP contribution in [0.5, 0.6) is 0 Å². The van der Waals surface area contributed by atoms with Crippen LogP contribution in [0.3, 0.4) is 0 Å². The monoisotopic (exact) mass is 445 g/mol.